The number of benzene rings is 1. The van der Waals surface area contributed by atoms with E-state index >= 15 is 0 Å². The molecule has 1 aromatic carbocycles. The average molecular weight is 410 g/mol. The molecule has 1 amide bonds. The van der Waals surface area contributed by atoms with Crippen molar-refractivity contribution in [1.29, 1.82) is 0 Å². The second-order valence-electron chi connectivity index (χ2n) is 8.35. The Bertz CT molecular complexity index is 821. The molecule has 6 heteroatoms. The third kappa shape index (κ3) is 5.18. The summed E-state index contributed by atoms with van der Waals surface area (Å²) in [6.45, 7) is 4.29. The molecule has 3 heterocycles. The van der Waals surface area contributed by atoms with Crippen molar-refractivity contribution in [1.82, 2.24) is 14.8 Å². The number of aromatic nitrogens is 1. The van der Waals surface area contributed by atoms with Gasteiger partial charge in [0.15, 0.2) is 0 Å². The number of para-hydroxylation sites is 1. The molecule has 0 spiro atoms. The van der Waals surface area contributed by atoms with E-state index in [1.54, 1.807) is 0 Å². The van der Waals surface area contributed by atoms with Crippen LogP contribution in [-0.2, 0) is 6.54 Å². The topological polar surface area (TPSA) is 65.9 Å². The lowest BCUT2D eigenvalue weighted by molar-refractivity contribution is 0.0604. The molecule has 4 rings (SSSR count). The number of pyridine rings is 1. The van der Waals surface area contributed by atoms with Gasteiger partial charge in [-0.2, -0.15) is 0 Å². The summed E-state index contributed by atoms with van der Waals surface area (Å²) in [6.07, 6.45) is 5.75. The Labute approximate surface area is 178 Å². The third-order valence-corrected chi connectivity index (χ3v) is 6.12. The van der Waals surface area contributed by atoms with Gasteiger partial charge in [0.2, 0.25) is 0 Å². The summed E-state index contributed by atoms with van der Waals surface area (Å²) in [6, 6.07) is 13.6. The first-order chi connectivity index (χ1) is 14.7. The first-order valence-corrected chi connectivity index (χ1v) is 11.0. The van der Waals surface area contributed by atoms with Gasteiger partial charge in [-0.15, -0.1) is 0 Å². The number of ether oxygens (including phenoxy) is 1. The van der Waals surface area contributed by atoms with Crippen molar-refractivity contribution in [2.24, 2.45) is 5.92 Å². The minimum Gasteiger partial charge on any atom is -0.489 e. The van der Waals surface area contributed by atoms with Gasteiger partial charge in [0, 0.05) is 45.5 Å². The van der Waals surface area contributed by atoms with Gasteiger partial charge in [-0.25, -0.2) is 0 Å². The highest BCUT2D eigenvalue weighted by Crippen LogP contribution is 2.26. The maximum Gasteiger partial charge on any atom is 0.257 e. The Kier molecular flexibility index (Phi) is 6.97. The molecule has 2 fully saturated rings. The summed E-state index contributed by atoms with van der Waals surface area (Å²) < 4.78 is 6.31. The van der Waals surface area contributed by atoms with Gasteiger partial charge >= 0.3 is 0 Å². The molecule has 30 heavy (non-hydrogen) atoms. The van der Waals surface area contributed by atoms with Crippen molar-refractivity contribution >= 4 is 5.91 Å². The van der Waals surface area contributed by atoms with Gasteiger partial charge in [0.05, 0.1) is 11.3 Å². The van der Waals surface area contributed by atoms with Crippen LogP contribution < -0.4 is 4.74 Å². The van der Waals surface area contributed by atoms with Crippen LogP contribution in [-0.4, -0.2) is 64.7 Å². The Morgan fingerprint density at radius 2 is 1.87 bits per heavy atom. The molecule has 0 aliphatic carbocycles. The number of hydrogen-bond acceptors (Lipinski definition) is 5. The molecule has 0 bridgehead atoms. The van der Waals surface area contributed by atoms with Gasteiger partial charge in [0.25, 0.3) is 5.91 Å². The Hall–Kier alpha value is -2.44. The second-order valence-corrected chi connectivity index (χ2v) is 8.35. The molecule has 1 atom stereocenters. The molecule has 1 aromatic heterocycles. The van der Waals surface area contributed by atoms with Crippen molar-refractivity contribution in [2.45, 2.75) is 38.3 Å². The summed E-state index contributed by atoms with van der Waals surface area (Å²) in [5.41, 5.74) is 1.72. The molecule has 1 N–H and O–H groups in total. The van der Waals surface area contributed by atoms with Crippen molar-refractivity contribution in [3.63, 3.8) is 0 Å². The number of carbonyl (C=O) groups excluding carboxylic acids is 1. The van der Waals surface area contributed by atoms with E-state index in [1.165, 1.54) is 0 Å². The predicted molar refractivity (Wildman–Crippen MR) is 115 cm³/mol. The fourth-order valence-corrected chi connectivity index (χ4v) is 4.40. The highest BCUT2D eigenvalue weighted by molar-refractivity contribution is 5.97. The zero-order valence-corrected chi connectivity index (χ0v) is 17.4. The fourth-order valence-electron chi connectivity index (χ4n) is 4.40. The Morgan fingerprint density at radius 3 is 2.63 bits per heavy atom. The van der Waals surface area contributed by atoms with E-state index in [4.69, 9.17) is 4.74 Å². The summed E-state index contributed by atoms with van der Waals surface area (Å²) in [7, 11) is 0. The van der Waals surface area contributed by atoms with E-state index < -0.39 is 0 Å². The first-order valence-electron chi connectivity index (χ1n) is 11.0. The number of aliphatic hydroxyl groups excluding tert-OH is 1. The van der Waals surface area contributed by atoms with Crippen molar-refractivity contribution in [3.8, 4) is 5.75 Å². The molecule has 2 saturated heterocycles. The maximum absolute atomic E-state index is 13.1. The fraction of sp³-hybridized carbons (Fsp3) is 0.500. The third-order valence-electron chi connectivity index (χ3n) is 6.12. The number of hydrogen-bond donors (Lipinski definition) is 1. The SMILES string of the molecule is O=C(c1ccccc1OC1CCN(Cc2ccccn2)CC1)N1CCCC(CO)C1. The van der Waals surface area contributed by atoms with E-state index in [0.29, 0.717) is 17.9 Å². The van der Waals surface area contributed by atoms with Gasteiger partial charge in [0.1, 0.15) is 11.9 Å². The van der Waals surface area contributed by atoms with Crippen LogP contribution in [0.25, 0.3) is 0 Å². The molecule has 2 aliphatic heterocycles. The molecule has 0 radical (unpaired) electrons. The van der Waals surface area contributed by atoms with Gasteiger partial charge in [-0.05, 0) is 55.9 Å². The van der Waals surface area contributed by atoms with Gasteiger partial charge < -0.3 is 14.7 Å². The zero-order valence-electron chi connectivity index (χ0n) is 17.4. The molecule has 160 valence electrons. The van der Waals surface area contributed by atoms with Gasteiger partial charge in [-0.1, -0.05) is 18.2 Å². The second kappa shape index (κ2) is 10.0. The number of rotatable bonds is 6. The summed E-state index contributed by atoms with van der Waals surface area (Å²) in [5, 5.41) is 9.48. The quantitative estimate of drug-likeness (QED) is 0.795. The largest absolute Gasteiger partial charge is 0.489 e. The number of carbonyl (C=O) groups is 1. The number of aliphatic hydroxyl groups is 1. The minimum atomic E-state index is 0.0105. The normalized spacial score (nSPS) is 20.8. The maximum atomic E-state index is 13.1. The van der Waals surface area contributed by atoms with E-state index in [1.807, 2.05) is 47.5 Å². The van der Waals surface area contributed by atoms with Crippen LogP contribution in [0.3, 0.4) is 0 Å². The van der Waals surface area contributed by atoms with Crippen LogP contribution in [0.4, 0.5) is 0 Å². The number of piperidine rings is 2. The molecule has 6 nitrogen and oxygen atoms in total. The lowest BCUT2D eigenvalue weighted by Gasteiger charge is -2.34. The lowest BCUT2D eigenvalue weighted by Crippen LogP contribution is -2.41. The Morgan fingerprint density at radius 1 is 1.07 bits per heavy atom. The van der Waals surface area contributed by atoms with Crippen molar-refractivity contribution in [3.05, 3.63) is 59.9 Å². The van der Waals surface area contributed by atoms with E-state index in [-0.39, 0.29) is 24.5 Å². The monoisotopic (exact) mass is 409 g/mol. The summed E-state index contributed by atoms with van der Waals surface area (Å²) in [4.78, 5) is 21.8. The average Bonchev–Trinajstić information content (AvgIpc) is 2.81. The Balaban J connectivity index is 1.35. The van der Waals surface area contributed by atoms with Crippen LogP contribution in [0, 0.1) is 5.92 Å². The smallest absolute Gasteiger partial charge is 0.257 e. The lowest BCUT2D eigenvalue weighted by atomic mass is 9.98. The van der Waals surface area contributed by atoms with Crippen LogP contribution >= 0.6 is 0 Å². The predicted octanol–water partition coefficient (Wildman–Crippen LogP) is 2.97. The molecule has 0 saturated carbocycles. The van der Waals surface area contributed by atoms with E-state index in [2.05, 4.69) is 16.0 Å². The van der Waals surface area contributed by atoms with Crippen LogP contribution in [0.1, 0.15) is 41.7 Å². The van der Waals surface area contributed by atoms with E-state index in [0.717, 1.165) is 57.6 Å². The molecule has 1 unspecified atom stereocenters. The summed E-state index contributed by atoms with van der Waals surface area (Å²) in [5.74, 6) is 0.868. The highest BCUT2D eigenvalue weighted by Gasteiger charge is 2.27. The number of likely N-dealkylation sites (tertiary alicyclic amines) is 2. The molecule has 2 aliphatic rings. The summed E-state index contributed by atoms with van der Waals surface area (Å²) >= 11 is 0. The zero-order chi connectivity index (χ0) is 20.8. The van der Waals surface area contributed by atoms with Crippen LogP contribution in [0.15, 0.2) is 48.7 Å². The van der Waals surface area contributed by atoms with Crippen LogP contribution in [0.5, 0.6) is 5.75 Å². The van der Waals surface area contributed by atoms with Crippen molar-refractivity contribution in [2.75, 3.05) is 32.8 Å². The van der Waals surface area contributed by atoms with Crippen molar-refractivity contribution < 1.29 is 14.6 Å². The molecular weight excluding hydrogens is 378 g/mol. The van der Waals surface area contributed by atoms with Gasteiger partial charge in [-0.3, -0.25) is 14.7 Å². The number of amides is 1. The minimum absolute atomic E-state index is 0.0105. The number of nitrogens with zero attached hydrogens (tertiary/aromatic N) is 3. The van der Waals surface area contributed by atoms with Crippen LogP contribution in [0.2, 0.25) is 0 Å². The highest BCUT2D eigenvalue weighted by atomic mass is 16.5. The van der Waals surface area contributed by atoms with E-state index in [9.17, 15) is 9.90 Å². The first kappa shape index (κ1) is 20.8. The molecule has 2 aromatic rings. The molecular formula is C24H31N3O3. The standard InChI is InChI=1S/C24H31N3O3/c28-18-19-6-5-13-27(16-19)24(29)22-8-1-2-9-23(22)30-21-10-14-26(15-11-21)17-20-7-3-4-12-25-20/h1-4,7-9,12,19,21,28H,5-6,10-11,13-18H2.